The Hall–Kier alpha value is -2.17. The molecule has 0 saturated carbocycles. The van der Waals surface area contributed by atoms with Gasteiger partial charge in [0.2, 0.25) is 0 Å². The van der Waals surface area contributed by atoms with Crippen LogP contribution in [-0.2, 0) is 0 Å². The minimum atomic E-state index is 0.832. The number of nitrogens with zero attached hydrogens (tertiary/aromatic N) is 2. The van der Waals surface area contributed by atoms with Crippen LogP contribution >= 0.6 is 12.2 Å². The van der Waals surface area contributed by atoms with E-state index in [1.54, 1.807) is 0 Å². The quantitative estimate of drug-likeness (QED) is 0.813. The number of aryl methyl sites for hydroxylation is 2. The maximum Gasteiger partial charge on any atom is 0.173 e. The lowest BCUT2D eigenvalue weighted by Crippen LogP contribution is -2.49. The van der Waals surface area contributed by atoms with E-state index in [-0.39, 0.29) is 0 Å². The molecule has 0 unspecified atom stereocenters. The zero-order valence-corrected chi connectivity index (χ0v) is 16.4. The summed E-state index contributed by atoms with van der Waals surface area (Å²) < 4.78 is 0. The Labute approximate surface area is 162 Å². The van der Waals surface area contributed by atoms with Gasteiger partial charge in [0.15, 0.2) is 5.11 Å². The minimum Gasteiger partial charge on any atom is -0.346 e. The van der Waals surface area contributed by atoms with Crippen molar-refractivity contribution in [3.63, 3.8) is 0 Å². The van der Waals surface area contributed by atoms with Crippen molar-refractivity contribution < 1.29 is 0 Å². The molecule has 26 heavy (non-hydrogen) atoms. The Bertz CT molecular complexity index is 762. The molecule has 0 spiro atoms. The molecule has 4 heteroatoms. The number of piperazine rings is 1. The summed E-state index contributed by atoms with van der Waals surface area (Å²) in [6.07, 6.45) is 4.44. The predicted molar refractivity (Wildman–Crippen MR) is 116 cm³/mol. The SMILES string of the molecule is Cc1ccc(C)c(NC(=S)N2CCN(CC=Cc3ccccc3)CC2)c1. The van der Waals surface area contributed by atoms with Crippen molar-refractivity contribution in [2.75, 3.05) is 38.0 Å². The maximum atomic E-state index is 5.63. The molecule has 1 N–H and O–H groups in total. The third kappa shape index (κ3) is 5.16. The first-order valence-electron chi connectivity index (χ1n) is 9.19. The molecule has 1 saturated heterocycles. The Morgan fingerprint density at radius 2 is 1.77 bits per heavy atom. The highest BCUT2D eigenvalue weighted by Crippen LogP contribution is 2.17. The summed E-state index contributed by atoms with van der Waals surface area (Å²) in [5.41, 5.74) is 4.84. The van der Waals surface area contributed by atoms with Gasteiger partial charge in [0, 0.05) is 38.4 Å². The van der Waals surface area contributed by atoms with Gasteiger partial charge in [-0.2, -0.15) is 0 Å². The van der Waals surface area contributed by atoms with Crippen LogP contribution in [0.4, 0.5) is 5.69 Å². The molecule has 0 bridgehead atoms. The van der Waals surface area contributed by atoms with E-state index in [1.807, 2.05) is 6.07 Å². The first-order chi connectivity index (χ1) is 12.6. The molecule has 1 aliphatic heterocycles. The van der Waals surface area contributed by atoms with Crippen LogP contribution in [0.2, 0.25) is 0 Å². The molecule has 3 nitrogen and oxygen atoms in total. The summed E-state index contributed by atoms with van der Waals surface area (Å²) in [6.45, 7) is 9.21. The van der Waals surface area contributed by atoms with E-state index in [4.69, 9.17) is 12.2 Å². The molecular weight excluding hydrogens is 338 g/mol. The molecule has 1 fully saturated rings. The van der Waals surface area contributed by atoms with Crippen LogP contribution in [0.5, 0.6) is 0 Å². The molecule has 2 aromatic carbocycles. The monoisotopic (exact) mass is 365 g/mol. The number of hydrogen-bond donors (Lipinski definition) is 1. The Kier molecular flexibility index (Phi) is 6.42. The second-order valence-electron chi connectivity index (χ2n) is 6.85. The molecule has 0 atom stereocenters. The Morgan fingerprint density at radius 3 is 2.50 bits per heavy atom. The van der Waals surface area contributed by atoms with Crippen molar-refractivity contribution >= 4 is 29.1 Å². The second kappa shape index (κ2) is 8.97. The first kappa shape index (κ1) is 18.6. The Balaban J connectivity index is 1.46. The summed E-state index contributed by atoms with van der Waals surface area (Å²) in [4.78, 5) is 4.74. The summed E-state index contributed by atoms with van der Waals surface area (Å²) in [5, 5.41) is 4.26. The van der Waals surface area contributed by atoms with E-state index in [0.717, 1.165) is 43.5 Å². The number of benzene rings is 2. The van der Waals surface area contributed by atoms with E-state index in [0.29, 0.717) is 0 Å². The minimum absolute atomic E-state index is 0.832. The van der Waals surface area contributed by atoms with Gasteiger partial charge < -0.3 is 10.2 Å². The fraction of sp³-hybridized carbons (Fsp3) is 0.318. The maximum absolute atomic E-state index is 5.63. The first-order valence-corrected chi connectivity index (χ1v) is 9.60. The normalized spacial score (nSPS) is 15.4. The Morgan fingerprint density at radius 1 is 1.04 bits per heavy atom. The molecule has 1 heterocycles. The lowest BCUT2D eigenvalue weighted by Gasteiger charge is -2.35. The van der Waals surface area contributed by atoms with Crippen molar-refractivity contribution in [1.29, 1.82) is 0 Å². The third-order valence-corrected chi connectivity index (χ3v) is 5.13. The van der Waals surface area contributed by atoms with Crippen LogP contribution in [0.3, 0.4) is 0 Å². The molecule has 136 valence electrons. The van der Waals surface area contributed by atoms with Gasteiger partial charge in [0.25, 0.3) is 0 Å². The van der Waals surface area contributed by atoms with Crippen molar-refractivity contribution in [3.8, 4) is 0 Å². The number of hydrogen-bond acceptors (Lipinski definition) is 2. The molecule has 0 radical (unpaired) electrons. The van der Waals surface area contributed by atoms with Crippen LogP contribution in [0.1, 0.15) is 16.7 Å². The van der Waals surface area contributed by atoms with E-state index in [9.17, 15) is 0 Å². The lowest BCUT2D eigenvalue weighted by atomic mass is 10.1. The van der Waals surface area contributed by atoms with Crippen LogP contribution < -0.4 is 5.32 Å². The van der Waals surface area contributed by atoms with Crippen molar-refractivity contribution in [2.45, 2.75) is 13.8 Å². The fourth-order valence-corrected chi connectivity index (χ4v) is 3.39. The number of anilines is 1. The predicted octanol–water partition coefficient (Wildman–Crippen LogP) is 4.33. The van der Waals surface area contributed by atoms with Gasteiger partial charge in [-0.15, -0.1) is 0 Å². The molecular formula is C22H27N3S. The topological polar surface area (TPSA) is 18.5 Å². The molecule has 3 rings (SSSR count). The molecule has 1 aliphatic rings. The molecule has 0 amide bonds. The number of rotatable bonds is 4. The summed E-state index contributed by atoms with van der Waals surface area (Å²) >= 11 is 5.63. The number of thiocarbonyl (C=S) groups is 1. The van der Waals surface area contributed by atoms with Gasteiger partial charge in [-0.3, -0.25) is 4.90 Å². The molecule has 2 aromatic rings. The largest absolute Gasteiger partial charge is 0.346 e. The third-order valence-electron chi connectivity index (χ3n) is 4.77. The average Bonchev–Trinajstić information content (AvgIpc) is 2.66. The van der Waals surface area contributed by atoms with Crippen molar-refractivity contribution in [3.05, 3.63) is 71.3 Å². The zero-order valence-electron chi connectivity index (χ0n) is 15.6. The van der Waals surface area contributed by atoms with Gasteiger partial charge >= 0.3 is 0 Å². The van der Waals surface area contributed by atoms with E-state index >= 15 is 0 Å². The molecule has 0 aliphatic carbocycles. The van der Waals surface area contributed by atoms with Gasteiger partial charge in [-0.05, 0) is 48.8 Å². The van der Waals surface area contributed by atoms with E-state index < -0.39 is 0 Å². The van der Waals surface area contributed by atoms with Gasteiger partial charge in [0.1, 0.15) is 0 Å². The van der Waals surface area contributed by atoms with Gasteiger partial charge in [-0.1, -0.05) is 54.6 Å². The summed E-state index contributed by atoms with van der Waals surface area (Å²) in [5.74, 6) is 0. The van der Waals surface area contributed by atoms with Crippen LogP contribution in [0.15, 0.2) is 54.6 Å². The highest BCUT2D eigenvalue weighted by molar-refractivity contribution is 7.80. The highest BCUT2D eigenvalue weighted by Gasteiger charge is 2.18. The number of nitrogens with one attached hydrogen (secondary N) is 1. The lowest BCUT2D eigenvalue weighted by molar-refractivity contribution is 0.200. The van der Waals surface area contributed by atoms with E-state index in [1.165, 1.54) is 16.7 Å². The average molecular weight is 366 g/mol. The highest BCUT2D eigenvalue weighted by atomic mass is 32.1. The van der Waals surface area contributed by atoms with Gasteiger partial charge in [-0.25, -0.2) is 0 Å². The standard InChI is InChI=1S/C22H27N3S/c1-18-10-11-19(2)21(17-18)23-22(26)25-15-13-24(14-16-25)12-6-9-20-7-4-3-5-8-20/h3-11,17H,12-16H2,1-2H3,(H,23,26). The van der Waals surface area contributed by atoms with Crippen LogP contribution in [0, 0.1) is 13.8 Å². The van der Waals surface area contributed by atoms with Crippen molar-refractivity contribution in [2.24, 2.45) is 0 Å². The zero-order chi connectivity index (χ0) is 18.4. The van der Waals surface area contributed by atoms with E-state index in [2.05, 4.69) is 83.6 Å². The second-order valence-corrected chi connectivity index (χ2v) is 7.24. The molecule has 0 aromatic heterocycles. The smallest absolute Gasteiger partial charge is 0.173 e. The van der Waals surface area contributed by atoms with Crippen LogP contribution in [0.25, 0.3) is 6.08 Å². The fourth-order valence-electron chi connectivity index (χ4n) is 3.10. The van der Waals surface area contributed by atoms with Crippen LogP contribution in [-0.4, -0.2) is 47.6 Å². The summed E-state index contributed by atoms with van der Waals surface area (Å²) in [6, 6.07) is 16.9. The van der Waals surface area contributed by atoms with Crippen molar-refractivity contribution in [1.82, 2.24) is 9.80 Å². The summed E-state index contributed by atoms with van der Waals surface area (Å²) in [7, 11) is 0. The van der Waals surface area contributed by atoms with Gasteiger partial charge in [0.05, 0.1) is 0 Å².